The third kappa shape index (κ3) is 9.04. The number of benzene rings is 2. The molecule has 2 aromatic carbocycles. The average molecular weight is 801 g/mol. The van der Waals surface area contributed by atoms with E-state index in [2.05, 4.69) is 31.9 Å². The van der Waals surface area contributed by atoms with Crippen LogP contribution in [0.4, 0.5) is 0 Å². The highest BCUT2D eigenvalue weighted by Gasteiger charge is 2.39. The first-order chi connectivity index (χ1) is 18.9. The molecule has 0 atom stereocenters. The molecular formula is C24H32Br2O12S4. The van der Waals surface area contributed by atoms with Crippen molar-refractivity contribution in [3.8, 4) is 11.1 Å². The van der Waals surface area contributed by atoms with E-state index in [-0.39, 0.29) is 8.95 Å². The lowest BCUT2D eigenvalue weighted by atomic mass is 10.1. The lowest BCUT2D eigenvalue weighted by molar-refractivity contribution is 0.245. The van der Waals surface area contributed by atoms with Crippen molar-refractivity contribution in [1.29, 1.82) is 0 Å². The van der Waals surface area contributed by atoms with E-state index in [9.17, 15) is 33.7 Å². The van der Waals surface area contributed by atoms with Gasteiger partial charge in [0.05, 0.1) is 24.4 Å². The van der Waals surface area contributed by atoms with E-state index < -0.39 is 95.6 Å². The smallest absolute Gasteiger partial charge is 0.264 e. The molecule has 0 N–H and O–H groups in total. The molecule has 0 bridgehead atoms. The molecule has 2 rings (SSSR count). The zero-order chi connectivity index (χ0) is 32.6. The normalized spacial score (nSPS) is 13.6. The van der Waals surface area contributed by atoms with Crippen LogP contribution < -0.4 is 0 Å². The Kier molecular flexibility index (Phi) is 12.0. The van der Waals surface area contributed by atoms with Crippen molar-refractivity contribution >= 4 is 72.3 Å². The van der Waals surface area contributed by atoms with Gasteiger partial charge in [-0.25, -0.2) is 0 Å². The number of hydrogen-bond acceptors (Lipinski definition) is 12. The Morgan fingerprint density at radius 2 is 0.595 bits per heavy atom. The zero-order valence-electron chi connectivity index (χ0n) is 23.9. The molecule has 0 aliphatic heterocycles. The summed E-state index contributed by atoms with van der Waals surface area (Å²) in [7, 11) is -19.5. The molecule has 0 amide bonds. The molecule has 0 unspecified atom stereocenters. The second kappa shape index (κ2) is 13.6. The van der Waals surface area contributed by atoms with Gasteiger partial charge in [0, 0.05) is 20.1 Å². The number of rotatable bonds is 13. The molecule has 0 aliphatic rings. The van der Waals surface area contributed by atoms with Gasteiger partial charge in [-0.3, -0.25) is 16.7 Å². The summed E-state index contributed by atoms with van der Waals surface area (Å²) < 4.78 is 129. The van der Waals surface area contributed by atoms with Crippen molar-refractivity contribution in [2.24, 2.45) is 0 Å². The summed E-state index contributed by atoms with van der Waals surface area (Å²) in [6.45, 7) is 11.2. The quantitative estimate of drug-likeness (QED) is 0.239. The molecule has 0 fully saturated rings. The maximum atomic E-state index is 13.6. The molecule has 12 nitrogen and oxygen atoms in total. The SMILES string of the molecule is CC(C)OS(=O)(=O)c1cc(Br)cc(S(=O)(=O)OC(C)C)c1-c1c(S(=O)(=O)OC(C)C)cc(Br)cc1S(=O)(=O)OC(C)C. The Morgan fingerprint density at radius 1 is 0.429 bits per heavy atom. The van der Waals surface area contributed by atoms with E-state index in [1.807, 2.05) is 0 Å². The Morgan fingerprint density at radius 3 is 0.738 bits per heavy atom. The van der Waals surface area contributed by atoms with Crippen molar-refractivity contribution in [3.63, 3.8) is 0 Å². The minimum Gasteiger partial charge on any atom is -0.264 e. The monoisotopic (exact) mass is 798 g/mol. The minimum absolute atomic E-state index is 0.0779. The maximum Gasteiger partial charge on any atom is 0.297 e. The fourth-order valence-electron chi connectivity index (χ4n) is 3.62. The van der Waals surface area contributed by atoms with Gasteiger partial charge in [0.25, 0.3) is 40.5 Å². The van der Waals surface area contributed by atoms with Crippen molar-refractivity contribution in [3.05, 3.63) is 33.2 Å². The first-order valence-electron chi connectivity index (χ1n) is 12.3. The van der Waals surface area contributed by atoms with Crippen LogP contribution in [0.2, 0.25) is 0 Å². The molecule has 0 saturated heterocycles. The van der Waals surface area contributed by atoms with E-state index in [0.717, 1.165) is 24.3 Å². The van der Waals surface area contributed by atoms with E-state index in [1.165, 1.54) is 55.4 Å². The van der Waals surface area contributed by atoms with E-state index in [0.29, 0.717) is 0 Å². The van der Waals surface area contributed by atoms with E-state index in [4.69, 9.17) is 16.7 Å². The highest BCUT2D eigenvalue weighted by molar-refractivity contribution is 9.10. The highest BCUT2D eigenvalue weighted by Crippen LogP contribution is 2.46. The van der Waals surface area contributed by atoms with E-state index in [1.54, 1.807) is 0 Å². The van der Waals surface area contributed by atoms with Crippen LogP contribution in [0.1, 0.15) is 55.4 Å². The third-order valence-electron chi connectivity index (χ3n) is 4.67. The van der Waals surface area contributed by atoms with Gasteiger partial charge >= 0.3 is 0 Å². The van der Waals surface area contributed by atoms with Gasteiger partial charge in [0.1, 0.15) is 19.6 Å². The number of hydrogen-bond donors (Lipinski definition) is 0. The minimum atomic E-state index is -4.89. The van der Waals surface area contributed by atoms with Crippen LogP contribution in [0.25, 0.3) is 11.1 Å². The van der Waals surface area contributed by atoms with Gasteiger partial charge in [-0.1, -0.05) is 31.9 Å². The van der Waals surface area contributed by atoms with Crippen LogP contribution in [0, 0.1) is 0 Å². The average Bonchev–Trinajstić information content (AvgIpc) is 2.74. The molecule has 0 radical (unpaired) electrons. The van der Waals surface area contributed by atoms with Gasteiger partial charge in [-0.15, -0.1) is 0 Å². The lowest BCUT2D eigenvalue weighted by Crippen LogP contribution is -2.21. The molecule has 42 heavy (non-hydrogen) atoms. The van der Waals surface area contributed by atoms with Crippen molar-refractivity contribution in [2.45, 2.75) is 99.4 Å². The Balaban J connectivity index is 3.47. The molecule has 0 aromatic heterocycles. The highest BCUT2D eigenvalue weighted by atomic mass is 79.9. The first-order valence-corrected chi connectivity index (χ1v) is 19.5. The summed E-state index contributed by atoms with van der Waals surface area (Å²) in [6.07, 6.45) is -3.78. The maximum absolute atomic E-state index is 13.6. The molecule has 18 heteroatoms. The Hall–Kier alpha value is -0.960. The van der Waals surface area contributed by atoms with Crippen molar-refractivity contribution < 1.29 is 50.4 Å². The predicted octanol–water partition coefficient (Wildman–Crippen LogP) is 5.33. The third-order valence-corrected chi connectivity index (χ3v) is 11.6. The molecule has 238 valence electrons. The van der Waals surface area contributed by atoms with Crippen molar-refractivity contribution in [2.75, 3.05) is 0 Å². The summed E-state index contributed by atoms with van der Waals surface area (Å²) in [6, 6.07) is 3.84. The van der Waals surface area contributed by atoms with E-state index >= 15 is 0 Å². The summed E-state index contributed by atoms with van der Waals surface area (Å²) in [5, 5.41) is 0. The molecule has 0 heterocycles. The van der Waals surface area contributed by atoms with Crippen LogP contribution in [0.3, 0.4) is 0 Å². The second-order valence-electron chi connectivity index (χ2n) is 9.95. The predicted molar refractivity (Wildman–Crippen MR) is 161 cm³/mol. The summed E-state index contributed by atoms with van der Waals surface area (Å²) in [5.74, 6) is 0. The van der Waals surface area contributed by atoms with Crippen LogP contribution in [0.5, 0.6) is 0 Å². The molecule has 2 aromatic rings. The Labute approximate surface area is 264 Å². The molecule has 0 aliphatic carbocycles. The fourth-order valence-corrected chi connectivity index (χ4v) is 10.6. The number of halogens is 2. The van der Waals surface area contributed by atoms with Gasteiger partial charge < -0.3 is 0 Å². The van der Waals surface area contributed by atoms with Gasteiger partial charge in [0.2, 0.25) is 0 Å². The van der Waals surface area contributed by atoms with Crippen LogP contribution >= 0.6 is 31.9 Å². The van der Waals surface area contributed by atoms with Crippen LogP contribution in [-0.2, 0) is 57.2 Å². The van der Waals surface area contributed by atoms with Gasteiger partial charge in [0.15, 0.2) is 0 Å². The summed E-state index contributed by atoms with van der Waals surface area (Å²) in [4.78, 5) is -3.44. The van der Waals surface area contributed by atoms with Gasteiger partial charge in [-0.05, 0) is 79.7 Å². The van der Waals surface area contributed by atoms with Crippen LogP contribution in [0.15, 0.2) is 52.8 Å². The largest absolute Gasteiger partial charge is 0.297 e. The lowest BCUT2D eigenvalue weighted by Gasteiger charge is -2.23. The molecular weight excluding hydrogens is 768 g/mol. The second-order valence-corrected chi connectivity index (χ2v) is 17.9. The molecule has 0 saturated carbocycles. The topological polar surface area (TPSA) is 173 Å². The fraction of sp³-hybridized carbons (Fsp3) is 0.500. The van der Waals surface area contributed by atoms with Crippen molar-refractivity contribution in [1.82, 2.24) is 0 Å². The summed E-state index contributed by atoms with van der Waals surface area (Å²) >= 11 is 6.19. The Bertz CT molecular complexity index is 1510. The first kappa shape index (κ1) is 37.2. The standard InChI is InChI=1S/C24H32Br2O12S4/c1-13(2)35-39(27,28)19-9-17(25)10-20(40(29,30)36-14(3)4)23(19)24-21(41(31,32)37-15(5)6)11-18(26)12-22(24)42(33,34)38-16(7)8/h9-16H,1-8H3. The zero-order valence-corrected chi connectivity index (χ0v) is 30.3. The summed E-state index contributed by atoms with van der Waals surface area (Å²) in [5.41, 5.74) is -1.69. The van der Waals surface area contributed by atoms with Gasteiger partial charge in [-0.2, -0.15) is 33.7 Å². The van der Waals surface area contributed by atoms with Crippen LogP contribution in [-0.4, -0.2) is 58.1 Å². The molecule has 0 spiro atoms.